The van der Waals surface area contributed by atoms with E-state index in [0.29, 0.717) is 0 Å². The molecule has 108 valence electrons. The van der Waals surface area contributed by atoms with Gasteiger partial charge in [-0.3, -0.25) is 0 Å². The topological polar surface area (TPSA) is 20.2 Å². The highest BCUT2D eigenvalue weighted by atomic mass is 16.3. The predicted octanol–water partition coefficient (Wildman–Crippen LogP) is 5.56. The monoisotopic (exact) mass is 262 g/mol. The van der Waals surface area contributed by atoms with Crippen molar-refractivity contribution in [2.24, 2.45) is 0 Å². The fourth-order valence-electron chi connectivity index (χ4n) is 2.59. The summed E-state index contributed by atoms with van der Waals surface area (Å²) in [5.74, 6) is 0. The van der Waals surface area contributed by atoms with E-state index in [0.717, 1.165) is 18.4 Å². The number of hydrogen-bond donors (Lipinski definition) is 1. The van der Waals surface area contributed by atoms with Gasteiger partial charge in [0, 0.05) is 0 Å². The fourth-order valence-corrected chi connectivity index (χ4v) is 2.59. The average Bonchev–Trinajstić information content (AvgIpc) is 2.42. The number of aliphatic hydroxyl groups is 1. The van der Waals surface area contributed by atoms with E-state index in [1.54, 1.807) is 0 Å². The van der Waals surface area contributed by atoms with Gasteiger partial charge in [-0.15, -0.1) is 0 Å². The molecule has 1 N–H and O–H groups in total. The Morgan fingerprint density at radius 3 is 2.11 bits per heavy atom. The lowest BCUT2D eigenvalue weighted by Gasteiger charge is -2.13. The van der Waals surface area contributed by atoms with Crippen molar-refractivity contribution >= 4 is 0 Å². The summed E-state index contributed by atoms with van der Waals surface area (Å²) in [5, 5.41) is 10.2. The Balaban J connectivity index is 2.08. The minimum atomic E-state index is -0.277. The van der Waals surface area contributed by atoms with Crippen LogP contribution in [0.25, 0.3) is 0 Å². The summed E-state index contributed by atoms with van der Waals surface area (Å²) < 4.78 is 0. The molecule has 0 radical (unpaired) electrons. The van der Waals surface area contributed by atoms with Crippen molar-refractivity contribution in [3.63, 3.8) is 0 Å². The van der Waals surface area contributed by atoms with Gasteiger partial charge in [0.2, 0.25) is 0 Å². The minimum absolute atomic E-state index is 0.277. The predicted molar refractivity (Wildman–Crippen MR) is 83.4 cm³/mol. The maximum Gasteiger partial charge on any atom is 0.0792 e. The van der Waals surface area contributed by atoms with E-state index in [1.807, 2.05) is 18.2 Å². The number of unbranched alkanes of at least 4 members (excludes halogenated alkanes) is 7. The van der Waals surface area contributed by atoms with Crippen molar-refractivity contribution in [2.75, 3.05) is 0 Å². The summed E-state index contributed by atoms with van der Waals surface area (Å²) in [7, 11) is 0. The zero-order valence-corrected chi connectivity index (χ0v) is 12.7. The second-order valence-electron chi connectivity index (χ2n) is 5.64. The molecule has 0 saturated carbocycles. The third kappa shape index (κ3) is 6.77. The number of aryl methyl sites for hydroxylation is 1. The molecule has 0 aliphatic heterocycles. The van der Waals surface area contributed by atoms with Gasteiger partial charge in [-0.25, -0.2) is 0 Å². The summed E-state index contributed by atoms with van der Waals surface area (Å²) in [6, 6.07) is 8.16. The maximum absolute atomic E-state index is 10.2. The molecule has 1 rings (SSSR count). The standard InChI is InChI=1S/C18H30O/c1-3-4-5-6-7-8-9-10-15-18(19)17-14-12-11-13-16(17)2/h11-14,18-19H,3-10,15H2,1-2H3. The van der Waals surface area contributed by atoms with Crippen LogP contribution in [-0.4, -0.2) is 5.11 Å². The third-order valence-corrected chi connectivity index (χ3v) is 3.88. The van der Waals surface area contributed by atoms with Crippen LogP contribution < -0.4 is 0 Å². The van der Waals surface area contributed by atoms with Crippen LogP contribution in [0.4, 0.5) is 0 Å². The van der Waals surface area contributed by atoms with E-state index in [-0.39, 0.29) is 6.10 Å². The van der Waals surface area contributed by atoms with E-state index in [2.05, 4.69) is 19.9 Å². The molecule has 19 heavy (non-hydrogen) atoms. The number of aliphatic hydroxyl groups excluding tert-OH is 1. The fraction of sp³-hybridized carbons (Fsp3) is 0.667. The normalized spacial score (nSPS) is 12.6. The highest BCUT2D eigenvalue weighted by molar-refractivity contribution is 5.27. The Morgan fingerprint density at radius 1 is 0.895 bits per heavy atom. The Morgan fingerprint density at radius 2 is 1.47 bits per heavy atom. The number of hydrogen-bond acceptors (Lipinski definition) is 1. The molecule has 1 heteroatoms. The largest absolute Gasteiger partial charge is 0.388 e. The quantitative estimate of drug-likeness (QED) is 0.547. The molecule has 0 saturated heterocycles. The molecule has 1 nitrogen and oxygen atoms in total. The van der Waals surface area contributed by atoms with Crippen molar-refractivity contribution in [3.05, 3.63) is 35.4 Å². The molecule has 1 unspecified atom stereocenters. The van der Waals surface area contributed by atoms with Crippen LogP contribution in [0.1, 0.15) is 81.9 Å². The molecule has 1 aromatic rings. The Bertz CT molecular complexity index is 332. The van der Waals surface area contributed by atoms with Gasteiger partial charge >= 0.3 is 0 Å². The van der Waals surface area contributed by atoms with Gasteiger partial charge in [0.25, 0.3) is 0 Å². The van der Waals surface area contributed by atoms with Crippen LogP contribution in [-0.2, 0) is 0 Å². The first-order chi connectivity index (χ1) is 9.25. The Labute approximate surface area is 119 Å². The SMILES string of the molecule is CCCCCCCCCCC(O)c1ccccc1C. The molecule has 0 aliphatic rings. The van der Waals surface area contributed by atoms with Crippen LogP contribution in [0.5, 0.6) is 0 Å². The van der Waals surface area contributed by atoms with Crippen LogP contribution in [0, 0.1) is 6.92 Å². The Hall–Kier alpha value is -0.820. The van der Waals surface area contributed by atoms with Crippen molar-refractivity contribution in [1.29, 1.82) is 0 Å². The molecule has 0 fully saturated rings. The van der Waals surface area contributed by atoms with Crippen LogP contribution in [0.3, 0.4) is 0 Å². The first-order valence-electron chi connectivity index (χ1n) is 7.99. The van der Waals surface area contributed by atoms with E-state index >= 15 is 0 Å². The van der Waals surface area contributed by atoms with Gasteiger partial charge in [-0.05, 0) is 24.5 Å². The highest BCUT2D eigenvalue weighted by Gasteiger charge is 2.08. The van der Waals surface area contributed by atoms with Crippen molar-refractivity contribution < 1.29 is 5.11 Å². The summed E-state index contributed by atoms with van der Waals surface area (Å²) in [6.07, 6.45) is 11.2. The van der Waals surface area contributed by atoms with Gasteiger partial charge in [0.1, 0.15) is 0 Å². The molecule has 0 amide bonds. The highest BCUT2D eigenvalue weighted by Crippen LogP contribution is 2.23. The number of rotatable bonds is 10. The summed E-state index contributed by atoms with van der Waals surface area (Å²) in [6.45, 7) is 4.33. The summed E-state index contributed by atoms with van der Waals surface area (Å²) >= 11 is 0. The first-order valence-corrected chi connectivity index (χ1v) is 7.99. The van der Waals surface area contributed by atoms with Crippen LogP contribution in [0.2, 0.25) is 0 Å². The molecule has 1 aromatic carbocycles. The lowest BCUT2D eigenvalue weighted by Crippen LogP contribution is -1.99. The number of benzene rings is 1. The second-order valence-corrected chi connectivity index (χ2v) is 5.64. The molecular weight excluding hydrogens is 232 g/mol. The smallest absolute Gasteiger partial charge is 0.0792 e. The second kappa shape index (κ2) is 10.0. The van der Waals surface area contributed by atoms with E-state index in [9.17, 15) is 5.11 Å². The summed E-state index contributed by atoms with van der Waals surface area (Å²) in [5.41, 5.74) is 2.31. The van der Waals surface area contributed by atoms with Gasteiger partial charge in [-0.2, -0.15) is 0 Å². The molecule has 0 bridgehead atoms. The lowest BCUT2D eigenvalue weighted by atomic mass is 9.98. The van der Waals surface area contributed by atoms with E-state index < -0.39 is 0 Å². The lowest BCUT2D eigenvalue weighted by molar-refractivity contribution is 0.162. The zero-order valence-electron chi connectivity index (χ0n) is 12.7. The maximum atomic E-state index is 10.2. The molecule has 0 aliphatic carbocycles. The molecule has 1 atom stereocenters. The van der Waals surface area contributed by atoms with Crippen molar-refractivity contribution in [2.45, 2.75) is 77.7 Å². The van der Waals surface area contributed by atoms with E-state index in [1.165, 1.54) is 50.5 Å². The van der Waals surface area contributed by atoms with Gasteiger partial charge in [-0.1, -0.05) is 82.6 Å². The zero-order chi connectivity index (χ0) is 13.9. The van der Waals surface area contributed by atoms with Gasteiger partial charge in [0.05, 0.1) is 6.10 Å². The molecule has 0 spiro atoms. The van der Waals surface area contributed by atoms with Crippen LogP contribution in [0.15, 0.2) is 24.3 Å². The van der Waals surface area contributed by atoms with Crippen molar-refractivity contribution in [1.82, 2.24) is 0 Å². The molecule has 0 heterocycles. The third-order valence-electron chi connectivity index (χ3n) is 3.88. The van der Waals surface area contributed by atoms with E-state index in [4.69, 9.17) is 0 Å². The average molecular weight is 262 g/mol. The van der Waals surface area contributed by atoms with Gasteiger partial charge in [0.15, 0.2) is 0 Å². The first kappa shape index (κ1) is 16.2. The molecule has 0 aromatic heterocycles. The summed E-state index contributed by atoms with van der Waals surface area (Å²) in [4.78, 5) is 0. The molecular formula is C18H30O. The Kier molecular flexibility index (Phi) is 8.57. The van der Waals surface area contributed by atoms with Crippen molar-refractivity contribution in [3.8, 4) is 0 Å². The van der Waals surface area contributed by atoms with Gasteiger partial charge < -0.3 is 5.11 Å². The van der Waals surface area contributed by atoms with Crippen LogP contribution >= 0.6 is 0 Å². The minimum Gasteiger partial charge on any atom is -0.388 e.